The average Bonchev–Trinajstić information content (AvgIpc) is 2.68. The molecule has 3 heterocycles. The van der Waals surface area contributed by atoms with E-state index in [-0.39, 0.29) is 0 Å². The number of nitrogens with one attached hydrogen (secondary N) is 2. The van der Waals surface area contributed by atoms with Crippen LogP contribution in [0.2, 0.25) is 0 Å². The van der Waals surface area contributed by atoms with Crippen LogP contribution in [-0.2, 0) is 0 Å². The Morgan fingerprint density at radius 2 is 2.08 bits per heavy atom. The summed E-state index contributed by atoms with van der Waals surface area (Å²) in [6.45, 7) is 8.45. The molecule has 3 rings (SSSR count). The van der Waals surface area contributed by atoms with E-state index in [9.17, 15) is 0 Å². The van der Waals surface area contributed by atoms with Gasteiger partial charge in [-0.3, -0.25) is 4.99 Å². The highest BCUT2D eigenvalue weighted by Crippen LogP contribution is 2.18. The predicted octanol–water partition coefficient (Wildman–Crippen LogP) is 1.95. The largest absolute Gasteiger partial charge is 0.357 e. The topological polar surface area (TPSA) is 55.8 Å². The summed E-state index contributed by atoms with van der Waals surface area (Å²) < 4.78 is 0. The maximum atomic E-state index is 4.88. The molecule has 0 saturated carbocycles. The first-order valence-corrected chi connectivity index (χ1v) is 10.1. The van der Waals surface area contributed by atoms with Crippen molar-refractivity contribution < 1.29 is 0 Å². The zero-order valence-electron chi connectivity index (χ0n) is 16.3. The Balaban J connectivity index is 1.48. The summed E-state index contributed by atoms with van der Waals surface area (Å²) in [6, 6.07) is 6.62. The number of rotatable bonds is 5. The maximum absolute atomic E-state index is 4.88. The highest BCUT2D eigenvalue weighted by molar-refractivity contribution is 5.80. The number of hydrogen-bond donors (Lipinski definition) is 2. The Kier molecular flexibility index (Phi) is 7.12. The van der Waals surface area contributed by atoms with Gasteiger partial charge >= 0.3 is 0 Å². The summed E-state index contributed by atoms with van der Waals surface area (Å²) in [5.74, 6) is 2.76. The molecular weight excluding hydrogens is 324 g/mol. The second kappa shape index (κ2) is 9.76. The minimum absolute atomic E-state index is 0.488. The van der Waals surface area contributed by atoms with Crippen molar-refractivity contribution in [3.63, 3.8) is 0 Å². The Hall–Kier alpha value is -1.82. The third kappa shape index (κ3) is 5.59. The van der Waals surface area contributed by atoms with Gasteiger partial charge < -0.3 is 20.4 Å². The molecule has 2 N–H and O–H groups in total. The highest BCUT2D eigenvalue weighted by atomic mass is 15.2. The Bertz CT molecular complexity index is 553. The number of pyridine rings is 1. The second-order valence-corrected chi connectivity index (χ2v) is 7.58. The quantitative estimate of drug-likeness (QED) is 0.622. The molecule has 1 aromatic heterocycles. The van der Waals surface area contributed by atoms with Crippen molar-refractivity contribution in [2.24, 2.45) is 10.9 Å². The molecule has 0 aliphatic carbocycles. The summed E-state index contributed by atoms with van der Waals surface area (Å²) in [7, 11) is 2.22. The molecule has 2 aliphatic heterocycles. The van der Waals surface area contributed by atoms with Crippen molar-refractivity contribution in [1.82, 2.24) is 20.5 Å². The summed E-state index contributed by atoms with van der Waals surface area (Å²) in [4.78, 5) is 14.2. The first-order chi connectivity index (χ1) is 12.7. The number of nitrogens with zero attached hydrogens (tertiary/aromatic N) is 4. The molecule has 0 aromatic carbocycles. The predicted molar refractivity (Wildman–Crippen MR) is 109 cm³/mol. The normalized spacial score (nSPS) is 23.1. The summed E-state index contributed by atoms with van der Waals surface area (Å²) in [6.07, 6.45) is 6.71. The van der Waals surface area contributed by atoms with Crippen LogP contribution in [0.1, 0.15) is 32.6 Å². The highest BCUT2D eigenvalue weighted by Gasteiger charge is 2.21. The van der Waals surface area contributed by atoms with E-state index in [4.69, 9.17) is 4.99 Å². The van der Waals surface area contributed by atoms with Crippen molar-refractivity contribution in [2.75, 3.05) is 51.2 Å². The molecule has 2 aliphatic rings. The summed E-state index contributed by atoms with van der Waals surface area (Å²) in [5, 5.41) is 7.08. The number of aliphatic imine (C=N–C) groups is 1. The smallest absolute Gasteiger partial charge is 0.191 e. The van der Waals surface area contributed by atoms with Gasteiger partial charge in [0.2, 0.25) is 0 Å². The molecule has 0 amide bonds. The van der Waals surface area contributed by atoms with E-state index in [2.05, 4.69) is 51.5 Å². The number of hydrogen-bond acceptors (Lipinski definition) is 4. The van der Waals surface area contributed by atoms with Gasteiger partial charge in [-0.05, 0) is 64.3 Å². The first-order valence-electron chi connectivity index (χ1n) is 10.1. The van der Waals surface area contributed by atoms with Crippen molar-refractivity contribution >= 4 is 11.8 Å². The SMILES string of the molecule is CCNC(=NCC1CCCN(C)C1)NC1CCN(c2ccccn2)CC1. The standard InChI is InChI=1S/C20H34N6/c1-3-21-20(23-15-17-7-6-12-25(2)16-17)24-18-9-13-26(14-10-18)19-8-4-5-11-22-19/h4-5,8,11,17-18H,3,6-7,9-10,12-16H2,1-2H3,(H2,21,23,24). The van der Waals surface area contributed by atoms with E-state index in [0.29, 0.717) is 12.0 Å². The fourth-order valence-corrected chi connectivity index (χ4v) is 3.95. The van der Waals surface area contributed by atoms with E-state index in [1.165, 1.54) is 25.9 Å². The molecule has 6 heteroatoms. The van der Waals surface area contributed by atoms with Crippen LogP contribution < -0.4 is 15.5 Å². The van der Waals surface area contributed by atoms with Gasteiger partial charge in [-0.1, -0.05) is 6.07 Å². The second-order valence-electron chi connectivity index (χ2n) is 7.58. The number of aromatic nitrogens is 1. The molecular formula is C20H34N6. The van der Waals surface area contributed by atoms with E-state index in [1.54, 1.807) is 0 Å². The van der Waals surface area contributed by atoms with Crippen molar-refractivity contribution in [2.45, 2.75) is 38.6 Å². The average molecular weight is 359 g/mol. The lowest BCUT2D eigenvalue weighted by Crippen LogP contribution is -2.49. The van der Waals surface area contributed by atoms with Gasteiger partial charge in [0, 0.05) is 45.0 Å². The Morgan fingerprint density at radius 1 is 1.23 bits per heavy atom. The van der Waals surface area contributed by atoms with Crippen LogP contribution >= 0.6 is 0 Å². The number of piperidine rings is 2. The Labute approximate surface area is 158 Å². The van der Waals surface area contributed by atoms with Crippen LogP contribution in [0, 0.1) is 5.92 Å². The lowest BCUT2D eigenvalue weighted by atomic mass is 9.99. The molecule has 0 radical (unpaired) electrons. The van der Waals surface area contributed by atoms with Gasteiger partial charge in [-0.2, -0.15) is 0 Å². The number of likely N-dealkylation sites (tertiary alicyclic amines) is 1. The molecule has 144 valence electrons. The monoisotopic (exact) mass is 358 g/mol. The molecule has 1 unspecified atom stereocenters. The molecule has 26 heavy (non-hydrogen) atoms. The molecule has 2 saturated heterocycles. The molecule has 2 fully saturated rings. The van der Waals surface area contributed by atoms with Crippen LogP contribution in [0.3, 0.4) is 0 Å². The first kappa shape index (κ1) is 19.0. The molecule has 0 spiro atoms. The van der Waals surface area contributed by atoms with Crippen LogP contribution in [-0.4, -0.2) is 68.2 Å². The van der Waals surface area contributed by atoms with Gasteiger partial charge in [0.1, 0.15) is 5.82 Å². The van der Waals surface area contributed by atoms with E-state index >= 15 is 0 Å². The maximum Gasteiger partial charge on any atom is 0.191 e. The van der Waals surface area contributed by atoms with E-state index in [0.717, 1.165) is 50.8 Å². The third-order valence-electron chi connectivity index (χ3n) is 5.38. The molecule has 6 nitrogen and oxygen atoms in total. The van der Waals surface area contributed by atoms with E-state index < -0.39 is 0 Å². The minimum Gasteiger partial charge on any atom is -0.357 e. The zero-order chi connectivity index (χ0) is 18.2. The fourth-order valence-electron chi connectivity index (χ4n) is 3.95. The van der Waals surface area contributed by atoms with Gasteiger partial charge in [-0.25, -0.2) is 4.98 Å². The van der Waals surface area contributed by atoms with Crippen LogP contribution in [0.25, 0.3) is 0 Å². The molecule has 1 aromatic rings. The summed E-state index contributed by atoms with van der Waals surface area (Å²) in [5.41, 5.74) is 0. The zero-order valence-corrected chi connectivity index (χ0v) is 16.3. The van der Waals surface area contributed by atoms with Crippen LogP contribution in [0.5, 0.6) is 0 Å². The molecule has 1 atom stereocenters. The van der Waals surface area contributed by atoms with Crippen LogP contribution in [0.4, 0.5) is 5.82 Å². The lowest BCUT2D eigenvalue weighted by Gasteiger charge is -2.34. The van der Waals surface area contributed by atoms with Crippen molar-refractivity contribution in [1.29, 1.82) is 0 Å². The van der Waals surface area contributed by atoms with Crippen LogP contribution in [0.15, 0.2) is 29.4 Å². The van der Waals surface area contributed by atoms with Crippen molar-refractivity contribution in [3.8, 4) is 0 Å². The van der Waals surface area contributed by atoms with Gasteiger partial charge in [-0.15, -0.1) is 0 Å². The lowest BCUT2D eigenvalue weighted by molar-refractivity contribution is 0.214. The molecule has 0 bridgehead atoms. The fraction of sp³-hybridized carbons (Fsp3) is 0.700. The van der Waals surface area contributed by atoms with E-state index in [1.807, 2.05) is 12.3 Å². The van der Waals surface area contributed by atoms with Gasteiger partial charge in [0.15, 0.2) is 5.96 Å². The van der Waals surface area contributed by atoms with Gasteiger partial charge in [0.25, 0.3) is 0 Å². The number of anilines is 1. The summed E-state index contributed by atoms with van der Waals surface area (Å²) >= 11 is 0. The minimum atomic E-state index is 0.488. The van der Waals surface area contributed by atoms with Crippen molar-refractivity contribution in [3.05, 3.63) is 24.4 Å². The Morgan fingerprint density at radius 3 is 2.77 bits per heavy atom. The third-order valence-corrected chi connectivity index (χ3v) is 5.38. The number of guanidine groups is 1. The van der Waals surface area contributed by atoms with Gasteiger partial charge in [0.05, 0.1) is 0 Å².